The van der Waals surface area contributed by atoms with Crippen molar-refractivity contribution in [3.63, 3.8) is 0 Å². The summed E-state index contributed by atoms with van der Waals surface area (Å²) < 4.78 is 5.14. The third-order valence-corrected chi connectivity index (χ3v) is 3.95. The van der Waals surface area contributed by atoms with E-state index in [2.05, 4.69) is 22.4 Å². The van der Waals surface area contributed by atoms with Gasteiger partial charge in [0, 0.05) is 11.6 Å². The first kappa shape index (κ1) is 16.5. The zero-order valence-corrected chi connectivity index (χ0v) is 13.7. The van der Waals surface area contributed by atoms with E-state index in [9.17, 15) is 4.79 Å². The Morgan fingerprint density at radius 1 is 1.36 bits per heavy atom. The van der Waals surface area contributed by atoms with Crippen molar-refractivity contribution in [2.75, 3.05) is 32.6 Å². The zero-order valence-electron chi connectivity index (χ0n) is 12.9. The maximum atomic E-state index is 11.8. The number of carbonyl (C=O) groups is 1. The molecule has 118 valence electrons. The van der Waals surface area contributed by atoms with Crippen LogP contribution in [0.4, 0.5) is 5.13 Å². The second-order valence-corrected chi connectivity index (χ2v) is 5.97. The van der Waals surface area contributed by atoms with Crippen LogP contribution in [0, 0.1) is 0 Å². The molecule has 1 aromatic heterocycles. The summed E-state index contributed by atoms with van der Waals surface area (Å²) in [7, 11) is 3.62. The highest BCUT2D eigenvalue weighted by molar-refractivity contribution is 7.13. The number of likely N-dealkylation sites (N-methyl/N-ethyl adjacent to an activating group) is 1. The Labute approximate surface area is 134 Å². The highest BCUT2D eigenvalue weighted by Gasteiger charge is 2.08. The van der Waals surface area contributed by atoms with Crippen LogP contribution in [0.25, 0.3) is 0 Å². The van der Waals surface area contributed by atoms with Crippen LogP contribution in [-0.2, 0) is 11.2 Å². The number of carbonyl (C=O) groups excluding carboxylic acids is 1. The van der Waals surface area contributed by atoms with Gasteiger partial charge < -0.3 is 10.1 Å². The average Bonchev–Trinajstić information content (AvgIpc) is 3.00. The molecule has 1 amide bonds. The second-order valence-electron chi connectivity index (χ2n) is 5.07. The highest BCUT2D eigenvalue weighted by atomic mass is 32.1. The van der Waals surface area contributed by atoms with Crippen molar-refractivity contribution in [1.29, 1.82) is 0 Å². The summed E-state index contributed by atoms with van der Waals surface area (Å²) in [4.78, 5) is 17.9. The molecule has 0 unspecified atom stereocenters. The fraction of sp³-hybridized carbons (Fsp3) is 0.375. The van der Waals surface area contributed by atoms with Crippen molar-refractivity contribution in [2.45, 2.75) is 12.8 Å². The number of amides is 1. The predicted octanol–water partition coefficient (Wildman–Crippen LogP) is 2.65. The first-order valence-electron chi connectivity index (χ1n) is 7.18. The molecule has 2 aromatic rings. The van der Waals surface area contributed by atoms with Crippen molar-refractivity contribution in [3.8, 4) is 5.75 Å². The molecule has 1 N–H and O–H groups in total. The SMILES string of the molecule is COc1ccc(CCCN(C)CC(=O)Nc2nccs2)cc1. The van der Waals surface area contributed by atoms with E-state index >= 15 is 0 Å². The summed E-state index contributed by atoms with van der Waals surface area (Å²) in [6.45, 7) is 1.25. The molecule has 0 radical (unpaired) electrons. The van der Waals surface area contributed by atoms with E-state index in [0.29, 0.717) is 11.7 Å². The van der Waals surface area contributed by atoms with E-state index in [1.165, 1.54) is 16.9 Å². The van der Waals surface area contributed by atoms with Crippen molar-refractivity contribution < 1.29 is 9.53 Å². The van der Waals surface area contributed by atoms with Crippen molar-refractivity contribution in [3.05, 3.63) is 41.4 Å². The maximum absolute atomic E-state index is 11.8. The third kappa shape index (κ3) is 5.46. The summed E-state index contributed by atoms with van der Waals surface area (Å²) in [5.41, 5.74) is 1.28. The molecule has 6 heteroatoms. The molecule has 0 atom stereocenters. The number of thiazole rings is 1. The molecular formula is C16H21N3O2S. The number of nitrogens with one attached hydrogen (secondary N) is 1. The largest absolute Gasteiger partial charge is 0.497 e. The minimum atomic E-state index is -0.0260. The van der Waals surface area contributed by atoms with Gasteiger partial charge in [-0.1, -0.05) is 12.1 Å². The molecule has 0 aliphatic heterocycles. The molecule has 0 fully saturated rings. The fourth-order valence-corrected chi connectivity index (χ4v) is 2.66. The van der Waals surface area contributed by atoms with E-state index in [-0.39, 0.29) is 5.91 Å². The number of aryl methyl sites for hydroxylation is 1. The third-order valence-electron chi connectivity index (χ3n) is 3.26. The molecule has 1 aromatic carbocycles. The second kappa shape index (κ2) is 8.51. The van der Waals surface area contributed by atoms with Gasteiger partial charge in [0.25, 0.3) is 0 Å². The number of nitrogens with zero attached hydrogens (tertiary/aromatic N) is 2. The normalized spacial score (nSPS) is 10.7. The molecule has 0 bridgehead atoms. The highest BCUT2D eigenvalue weighted by Crippen LogP contribution is 2.13. The first-order valence-corrected chi connectivity index (χ1v) is 8.06. The lowest BCUT2D eigenvalue weighted by Gasteiger charge is -2.15. The Balaban J connectivity index is 1.66. The maximum Gasteiger partial charge on any atom is 0.240 e. The molecule has 22 heavy (non-hydrogen) atoms. The number of methoxy groups -OCH3 is 1. The zero-order chi connectivity index (χ0) is 15.8. The topological polar surface area (TPSA) is 54.5 Å². The van der Waals surface area contributed by atoms with Gasteiger partial charge in [-0.15, -0.1) is 11.3 Å². The Hall–Kier alpha value is -1.92. The van der Waals surface area contributed by atoms with Crippen LogP contribution in [0.2, 0.25) is 0 Å². The average molecular weight is 319 g/mol. The number of hydrogen-bond acceptors (Lipinski definition) is 5. The van der Waals surface area contributed by atoms with Gasteiger partial charge >= 0.3 is 0 Å². The van der Waals surface area contributed by atoms with Gasteiger partial charge in [0.2, 0.25) is 5.91 Å². The van der Waals surface area contributed by atoms with Crippen molar-refractivity contribution in [2.24, 2.45) is 0 Å². The molecule has 0 spiro atoms. The van der Waals surface area contributed by atoms with Crippen molar-refractivity contribution >= 4 is 22.4 Å². The summed E-state index contributed by atoms with van der Waals surface area (Å²) in [5, 5.41) is 5.28. The smallest absolute Gasteiger partial charge is 0.240 e. The van der Waals surface area contributed by atoms with E-state index in [4.69, 9.17) is 4.74 Å². The predicted molar refractivity (Wildman–Crippen MR) is 89.6 cm³/mol. The minimum absolute atomic E-state index is 0.0260. The van der Waals surface area contributed by atoms with Crippen LogP contribution in [0.5, 0.6) is 5.75 Å². The lowest BCUT2D eigenvalue weighted by atomic mass is 10.1. The minimum Gasteiger partial charge on any atom is -0.497 e. The molecule has 2 rings (SSSR count). The summed E-state index contributed by atoms with van der Waals surface area (Å²) >= 11 is 1.42. The Bertz CT molecular complexity index is 570. The van der Waals surface area contributed by atoms with E-state index < -0.39 is 0 Å². The quantitative estimate of drug-likeness (QED) is 0.813. The first-order chi connectivity index (χ1) is 10.7. The van der Waals surface area contributed by atoms with Crippen LogP contribution in [0.3, 0.4) is 0 Å². The van der Waals surface area contributed by atoms with Gasteiger partial charge in [-0.2, -0.15) is 0 Å². The lowest BCUT2D eigenvalue weighted by Crippen LogP contribution is -2.31. The molecule has 0 aliphatic carbocycles. The Morgan fingerprint density at radius 2 is 2.14 bits per heavy atom. The van der Waals surface area contributed by atoms with Gasteiger partial charge in [-0.25, -0.2) is 4.98 Å². The number of rotatable bonds is 8. The van der Waals surface area contributed by atoms with Crippen LogP contribution >= 0.6 is 11.3 Å². The van der Waals surface area contributed by atoms with Crippen LogP contribution in [0.1, 0.15) is 12.0 Å². The molecule has 0 saturated heterocycles. The van der Waals surface area contributed by atoms with Crippen LogP contribution < -0.4 is 10.1 Å². The number of aromatic nitrogens is 1. The lowest BCUT2D eigenvalue weighted by molar-refractivity contribution is -0.117. The molecule has 1 heterocycles. The van der Waals surface area contributed by atoms with E-state index in [1.807, 2.05) is 29.5 Å². The number of benzene rings is 1. The summed E-state index contributed by atoms with van der Waals surface area (Å²) in [6.07, 6.45) is 3.68. The van der Waals surface area contributed by atoms with Crippen LogP contribution in [0.15, 0.2) is 35.8 Å². The Kier molecular flexibility index (Phi) is 6.36. The van der Waals surface area contributed by atoms with Gasteiger partial charge in [-0.3, -0.25) is 9.69 Å². The monoisotopic (exact) mass is 319 g/mol. The molecule has 0 aliphatic rings. The summed E-state index contributed by atoms with van der Waals surface area (Å²) in [6, 6.07) is 8.10. The standard InChI is InChI=1S/C16H21N3O2S/c1-19(12-15(20)18-16-17-9-11-22-16)10-3-4-13-5-7-14(21-2)8-6-13/h5-9,11H,3-4,10,12H2,1-2H3,(H,17,18,20). The summed E-state index contributed by atoms with van der Waals surface area (Å²) in [5.74, 6) is 0.849. The van der Waals surface area contributed by atoms with Gasteiger partial charge in [0.1, 0.15) is 5.75 Å². The number of ether oxygens (including phenoxy) is 1. The van der Waals surface area contributed by atoms with Gasteiger partial charge in [0.15, 0.2) is 5.13 Å². The van der Waals surface area contributed by atoms with Crippen LogP contribution in [-0.4, -0.2) is 43.0 Å². The van der Waals surface area contributed by atoms with Crippen molar-refractivity contribution in [1.82, 2.24) is 9.88 Å². The molecular weight excluding hydrogens is 298 g/mol. The Morgan fingerprint density at radius 3 is 2.77 bits per heavy atom. The fourth-order valence-electron chi connectivity index (χ4n) is 2.11. The number of hydrogen-bond donors (Lipinski definition) is 1. The molecule has 5 nitrogen and oxygen atoms in total. The van der Waals surface area contributed by atoms with E-state index in [0.717, 1.165) is 25.1 Å². The van der Waals surface area contributed by atoms with Gasteiger partial charge in [-0.05, 0) is 44.1 Å². The van der Waals surface area contributed by atoms with E-state index in [1.54, 1.807) is 13.3 Å². The molecule has 0 saturated carbocycles. The number of anilines is 1. The van der Waals surface area contributed by atoms with Gasteiger partial charge in [0.05, 0.1) is 13.7 Å².